The molecule has 0 N–H and O–H groups in total. The lowest BCUT2D eigenvalue weighted by atomic mass is 9.89. The first kappa shape index (κ1) is 21.7. The Morgan fingerprint density at radius 1 is 1.07 bits per heavy atom. The number of fused-ring (bicyclic) bond motifs is 1. The van der Waals surface area contributed by atoms with E-state index in [4.69, 9.17) is 4.74 Å². The van der Waals surface area contributed by atoms with E-state index in [1.54, 1.807) is 43.7 Å². The zero-order valence-electron chi connectivity index (χ0n) is 17.9. The molecule has 0 spiro atoms. The number of methoxy groups -OCH3 is 1. The van der Waals surface area contributed by atoms with Crippen LogP contribution in [0.2, 0.25) is 0 Å². The van der Waals surface area contributed by atoms with E-state index in [0.717, 1.165) is 26.1 Å². The second-order valence-electron chi connectivity index (χ2n) is 7.18. The number of amides is 2. The molecule has 6 nitrogen and oxygen atoms in total. The molecule has 1 heterocycles. The van der Waals surface area contributed by atoms with E-state index in [2.05, 4.69) is 23.7 Å². The maximum Gasteiger partial charge on any atom is 0.265 e. The van der Waals surface area contributed by atoms with Gasteiger partial charge in [0.1, 0.15) is 5.75 Å². The number of imide groups is 1. The average Bonchev–Trinajstić information content (AvgIpc) is 2.78. The Morgan fingerprint density at radius 2 is 1.77 bits per heavy atom. The molecule has 158 valence electrons. The number of aliphatic imine (C=N–C) groups is 1. The summed E-state index contributed by atoms with van der Waals surface area (Å²) in [5.74, 6) is -0.500. The Balaban J connectivity index is 1.83. The van der Waals surface area contributed by atoms with Crippen molar-refractivity contribution < 1.29 is 14.3 Å². The van der Waals surface area contributed by atoms with Crippen molar-refractivity contribution in [1.29, 1.82) is 0 Å². The fourth-order valence-electron chi connectivity index (χ4n) is 3.68. The Bertz CT molecular complexity index is 904. The van der Waals surface area contributed by atoms with Crippen LogP contribution in [0.25, 0.3) is 0 Å². The van der Waals surface area contributed by atoms with E-state index >= 15 is 0 Å². The molecule has 30 heavy (non-hydrogen) atoms. The van der Waals surface area contributed by atoms with Gasteiger partial charge in [-0.25, -0.2) is 4.90 Å². The van der Waals surface area contributed by atoms with E-state index in [1.807, 2.05) is 18.2 Å². The molecule has 6 heteroatoms. The van der Waals surface area contributed by atoms with E-state index in [0.29, 0.717) is 29.1 Å². The number of benzene rings is 2. The number of anilines is 1. The van der Waals surface area contributed by atoms with Crippen molar-refractivity contribution in [3.63, 3.8) is 0 Å². The van der Waals surface area contributed by atoms with Crippen LogP contribution >= 0.6 is 0 Å². The molecule has 2 amide bonds. The average molecular weight is 408 g/mol. The predicted octanol–water partition coefficient (Wildman–Crippen LogP) is 3.77. The predicted molar refractivity (Wildman–Crippen MR) is 120 cm³/mol. The molecule has 2 aromatic rings. The smallest absolute Gasteiger partial charge is 0.265 e. The van der Waals surface area contributed by atoms with Gasteiger partial charge in [-0.1, -0.05) is 32.0 Å². The minimum Gasteiger partial charge on any atom is -0.497 e. The van der Waals surface area contributed by atoms with Gasteiger partial charge >= 0.3 is 0 Å². The number of rotatable bonds is 9. The summed E-state index contributed by atoms with van der Waals surface area (Å²) in [6.07, 6.45) is 2.63. The maximum atomic E-state index is 13.3. The van der Waals surface area contributed by atoms with Crippen molar-refractivity contribution >= 4 is 23.7 Å². The van der Waals surface area contributed by atoms with Crippen molar-refractivity contribution in [3.8, 4) is 5.75 Å². The zero-order chi connectivity index (χ0) is 21.5. The molecule has 1 aliphatic rings. The monoisotopic (exact) mass is 407 g/mol. The van der Waals surface area contributed by atoms with E-state index in [9.17, 15) is 9.59 Å². The number of ether oxygens (including phenoxy) is 1. The molecule has 2 aromatic carbocycles. The van der Waals surface area contributed by atoms with Crippen LogP contribution in [0.15, 0.2) is 53.5 Å². The minimum absolute atomic E-state index is 0.281. The number of nitrogens with zero attached hydrogens (tertiary/aromatic N) is 3. The highest BCUT2D eigenvalue weighted by molar-refractivity contribution is 6.29. The van der Waals surface area contributed by atoms with Gasteiger partial charge in [0.2, 0.25) is 5.91 Å². The minimum atomic E-state index is -0.575. The SMILES string of the molecule is CCN(CC)CCCN=CC1C(=O)N(c2ccc(OC)cc2)C(=O)c2ccccc21. The molecule has 0 saturated carbocycles. The maximum absolute atomic E-state index is 13.3. The van der Waals surface area contributed by atoms with Crippen molar-refractivity contribution in [2.24, 2.45) is 4.99 Å². The van der Waals surface area contributed by atoms with Crippen LogP contribution in [0.4, 0.5) is 5.69 Å². The molecule has 0 radical (unpaired) electrons. The first-order valence-corrected chi connectivity index (χ1v) is 10.4. The molecule has 0 bridgehead atoms. The quantitative estimate of drug-likeness (QED) is 0.361. The van der Waals surface area contributed by atoms with Gasteiger partial charge in [0.25, 0.3) is 5.91 Å². The molecule has 0 fully saturated rings. The molecule has 0 aromatic heterocycles. The third-order valence-corrected chi connectivity index (χ3v) is 5.46. The van der Waals surface area contributed by atoms with Crippen LogP contribution in [0.5, 0.6) is 5.75 Å². The number of hydrogen-bond donors (Lipinski definition) is 0. The van der Waals surface area contributed by atoms with Crippen LogP contribution < -0.4 is 9.64 Å². The first-order chi connectivity index (χ1) is 14.6. The normalized spacial score (nSPS) is 16.4. The largest absolute Gasteiger partial charge is 0.497 e. The second kappa shape index (κ2) is 10.2. The van der Waals surface area contributed by atoms with Crippen molar-refractivity contribution in [2.75, 3.05) is 38.2 Å². The lowest BCUT2D eigenvalue weighted by Crippen LogP contribution is -2.45. The summed E-state index contributed by atoms with van der Waals surface area (Å²) in [6, 6.07) is 14.2. The fourth-order valence-corrected chi connectivity index (χ4v) is 3.68. The number of carbonyl (C=O) groups is 2. The van der Waals surface area contributed by atoms with Crippen LogP contribution in [0.3, 0.4) is 0 Å². The van der Waals surface area contributed by atoms with Gasteiger partial charge in [-0.3, -0.25) is 14.6 Å². The lowest BCUT2D eigenvalue weighted by molar-refractivity contribution is -0.118. The molecule has 0 saturated heterocycles. The molecule has 1 aliphatic heterocycles. The summed E-state index contributed by atoms with van der Waals surface area (Å²) >= 11 is 0. The molecule has 0 aliphatic carbocycles. The van der Waals surface area contributed by atoms with Crippen LogP contribution in [-0.2, 0) is 4.79 Å². The third-order valence-electron chi connectivity index (χ3n) is 5.46. The molecular weight excluding hydrogens is 378 g/mol. The first-order valence-electron chi connectivity index (χ1n) is 10.4. The van der Waals surface area contributed by atoms with Gasteiger partial charge in [0.15, 0.2) is 0 Å². The summed E-state index contributed by atoms with van der Waals surface area (Å²) in [4.78, 5) is 34.5. The Morgan fingerprint density at radius 3 is 2.43 bits per heavy atom. The van der Waals surface area contributed by atoms with E-state index < -0.39 is 5.92 Å². The summed E-state index contributed by atoms with van der Waals surface area (Å²) in [7, 11) is 1.58. The van der Waals surface area contributed by atoms with Gasteiger partial charge < -0.3 is 9.64 Å². The lowest BCUT2D eigenvalue weighted by Gasteiger charge is -2.31. The highest BCUT2D eigenvalue weighted by atomic mass is 16.5. The van der Waals surface area contributed by atoms with Crippen LogP contribution in [0, 0.1) is 0 Å². The van der Waals surface area contributed by atoms with Gasteiger partial charge in [-0.05, 0) is 62.0 Å². The number of hydrogen-bond acceptors (Lipinski definition) is 5. The topological polar surface area (TPSA) is 62.2 Å². The molecule has 3 rings (SSSR count). The summed E-state index contributed by atoms with van der Waals surface area (Å²) < 4.78 is 5.18. The van der Waals surface area contributed by atoms with Gasteiger partial charge in [0.05, 0.1) is 18.7 Å². The summed E-state index contributed by atoms with van der Waals surface area (Å²) in [5, 5.41) is 0. The summed E-state index contributed by atoms with van der Waals surface area (Å²) in [6.45, 7) is 7.97. The van der Waals surface area contributed by atoms with Crippen molar-refractivity contribution in [1.82, 2.24) is 4.90 Å². The van der Waals surface area contributed by atoms with Crippen LogP contribution in [0.1, 0.15) is 42.1 Å². The fraction of sp³-hybridized carbons (Fsp3) is 0.375. The molecular formula is C24H29N3O3. The summed E-state index contributed by atoms with van der Waals surface area (Å²) in [5.41, 5.74) is 1.78. The Kier molecular flexibility index (Phi) is 7.36. The standard InChI is InChI=1S/C24H29N3O3/c1-4-26(5-2)16-8-15-25-17-22-20-9-6-7-10-21(20)23(28)27(24(22)29)18-11-13-19(30-3)14-12-18/h6-7,9-14,17,22H,4-5,8,15-16H2,1-3H3. The van der Waals surface area contributed by atoms with E-state index in [1.165, 1.54) is 4.90 Å². The van der Waals surface area contributed by atoms with E-state index in [-0.39, 0.29) is 11.8 Å². The number of carbonyl (C=O) groups excluding carboxylic acids is 2. The van der Waals surface area contributed by atoms with Gasteiger partial charge in [-0.2, -0.15) is 0 Å². The third kappa shape index (κ3) is 4.60. The highest BCUT2D eigenvalue weighted by Gasteiger charge is 2.38. The Labute approximate surface area is 178 Å². The van der Waals surface area contributed by atoms with Gasteiger partial charge in [0, 0.05) is 18.3 Å². The van der Waals surface area contributed by atoms with Crippen molar-refractivity contribution in [3.05, 3.63) is 59.7 Å². The molecule has 1 unspecified atom stereocenters. The molecule has 1 atom stereocenters. The van der Waals surface area contributed by atoms with Crippen LogP contribution in [-0.4, -0.2) is 56.2 Å². The zero-order valence-corrected chi connectivity index (χ0v) is 17.9. The van der Waals surface area contributed by atoms with Crippen molar-refractivity contribution in [2.45, 2.75) is 26.2 Å². The highest BCUT2D eigenvalue weighted by Crippen LogP contribution is 2.32. The Hall–Kier alpha value is -2.99. The second-order valence-corrected chi connectivity index (χ2v) is 7.18. The van der Waals surface area contributed by atoms with Gasteiger partial charge in [-0.15, -0.1) is 0 Å².